The first-order valence-electron chi connectivity index (χ1n) is 10.8. The number of thiophene rings is 1. The Balaban J connectivity index is 1.51. The summed E-state index contributed by atoms with van der Waals surface area (Å²) in [7, 11) is 0. The van der Waals surface area contributed by atoms with Gasteiger partial charge in [-0.25, -0.2) is 4.98 Å². The third-order valence-corrected chi connectivity index (χ3v) is 7.37. The summed E-state index contributed by atoms with van der Waals surface area (Å²) in [5.74, 6) is 0.950. The molecule has 3 aromatic heterocycles. The first kappa shape index (κ1) is 22.3. The van der Waals surface area contributed by atoms with Gasteiger partial charge < -0.3 is 4.42 Å². The molecule has 5 rings (SSSR count). The molecule has 0 saturated carbocycles. The Kier molecular flexibility index (Phi) is 6.17. The summed E-state index contributed by atoms with van der Waals surface area (Å²) < 4.78 is 7.58. The van der Waals surface area contributed by atoms with Crippen LogP contribution in [0.1, 0.15) is 23.6 Å². The maximum atomic E-state index is 13.6. The molecule has 0 bridgehead atoms. The minimum atomic E-state index is -0.193. The molecule has 2 aromatic carbocycles. The quantitative estimate of drug-likeness (QED) is 0.148. The van der Waals surface area contributed by atoms with E-state index in [0.717, 1.165) is 16.7 Å². The van der Waals surface area contributed by atoms with Crippen molar-refractivity contribution in [2.45, 2.75) is 30.8 Å². The predicted molar refractivity (Wildman–Crippen MR) is 138 cm³/mol. The Morgan fingerprint density at radius 2 is 1.88 bits per heavy atom. The molecule has 0 aliphatic rings. The zero-order valence-electron chi connectivity index (χ0n) is 18.8. The van der Waals surface area contributed by atoms with E-state index in [1.54, 1.807) is 10.6 Å². The van der Waals surface area contributed by atoms with Gasteiger partial charge in [-0.1, -0.05) is 65.9 Å². The minimum Gasteiger partial charge on any atom is -0.419 e. The summed E-state index contributed by atoms with van der Waals surface area (Å²) in [4.78, 5) is 19.2. The molecule has 170 valence electrons. The van der Waals surface area contributed by atoms with Gasteiger partial charge in [-0.2, -0.15) is 0 Å². The number of benzene rings is 2. The predicted octanol–water partition coefficient (Wildman–Crippen LogP) is 6.52. The molecular weight excluding hydrogens is 464 g/mol. The fourth-order valence-corrected chi connectivity index (χ4v) is 5.57. The van der Waals surface area contributed by atoms with Crippen LogP contribution in [0.3, 0.4) is 0 Å². The Labute approximate surface area is 205 Å². The van der Waals surface area contributed by atoms with E-state index in [1.807, 2.05) is 61.7 Å². The third-order valence-electron chi connectivity index (χ3n) is 5.42. The molecule has 0 N–H and O–H groups in total. The number of rotatable bonds is 7. The van der Waals surface area contributed by atoms with E-state index >= 15 is 0 Å². The van der Waals surface area contributed by atoms with Crippen molar-refractivity contribution in [3.8, 4) is 22.6 Å². The molecule has 1 unspecified atom stereocenters. The Morgan fingerprint density at radius 1 is 1.12 bits per heavy atom. The van der Waals surface area contributed by atoms with E-state index in [-0.39, 0.29) is 10.8 Å². The van der Waals surface area contributed by atoms with Gasteiger partial charge in [-0.15, -0.1) is 28.1 Å². The SMILES string of the molecule is C=CCn1c(SC(C)c2nnc(-c3ccccc3)o2)nc2scc(-c3ccc(C)cc3)c2c1=O. The maximum absolute atomic E-state index is 13.6. The lowest BCUT2D eigenvalue weighted by Gasteiger charge is -2.13. The molecule has 0 radical (unpaired) electrons. The van der Waals surface area contributed by atoms with Crippen molar-refractivity contribution in [2.75, 3.05) is 0 Å². The van der Waals surface area contributed by atoms with Crippen molar-refractivity contribution in [3.05, 3.63) is 94.4 Å². The monoisotopic (exact) mass is 486 g/mol. The van der Waals surface area contributed by atoms with Crippen molar-refractivity contribution in [1.29, 1.82) is 0 Å². The van der Waals surface area contributed by atoms with E-state index in [1.165, 1.54) is 28.7 Å². The van der Waals surface area contributed by atoms with Crippen LogP contribution in [0.15, 0.2) is 87.0 Å². The average Bonchev–Trinajstić information content (AvgIpc) is 3.51. The molecule has 0 spiro atoms. The smallest absolute Gasteiger partial charge is 0.263 e. The summed E-state index contributed by atoms with van der Waals surface area (Å²) in [6.45, 7) is 8.21. The van der Waals surface area contributed by atoms with Gasteiger partial charge in [0.2, 0.25) is 11.8 Å². The minimum absolute atomic E-state index is 0.0769. The maximum Gasteiger partial charge on any atom is 0.263 e. The zero-order valence-corrected chi connectivity index (χ0v) is 20.4. The second-order valence-electron chi connectivity index (χ2n) is 7.87. The van der Waals surface area contributed by atoms with Gasteiger partial charge in [0.1, 0.15) is 4.83 Å². The Morgan fingerprint density at radius 3 is 2.62 bits per heavy atom. The third kappa shape index (κ3) is 4.22. The van der Waals surface area contributed by atoms with Gasteiger partial charge in [-0.3, -0.25) is 9.36 Å². The second kappa shape index (κ2) is 9.40. The van der Waals surface area contributed by atoms with E-state index in [9.17, 15) is 4.79 Å². The van der Waals surface area contributed by atoms with Crippen LogP contribution >= 0.6 is 23.1 Å². The van der Waals surface area contributed by atoms with Gasteiger partial charge in [0.05, 0.1) is 10.6 Å². The fraction of sp³-hybridized carbons (Fsp3) is 0.154. The van der Waals surface area contributed by atoms with Crippen LogP contribution in [0, 0.1) is 6.92 Å². The van der Waals surface area contributed by atoms with E-state index in [0.29, 0.717) is 33.7 Å². The molecule has 6 nitrogen and oxygen atoms in total. The van der Waals surface area contributed by atoms with Gasteiger partial charge in [0.15, 0.2) is 5.16 Å². The van der Waals surface area contributed by atoms with Crippen LogP contribution in [0.4, 0.5) is 0 Å². The summed E-state index contributed by atoms with van der Waals surface area (Å²) >= 11 is 2.90. The number of allylic oxidation sites excluding steroid dienone is 1. The van der Waals surface area contributed by atoms with Crippen LogP contribution in [0.5, 0.6) is 0 Å². The summed E-state index contributed by atoms with van der Waals surface area (Å²) in [5, 5.41) is 11.5. The highest BCUT2D eigenvalue weighted by Gasteiger charge is 2.22. The molecule has 0 fully saturated rings. The summed E-state index contributed by atoms with van der Waals surface area (Å²) in [6.07, 6.45) is 1.71. The molecule has 0 saturated heterocycles. The van der Waals surface area contributed by atoms with Crippen molar-refractivity contribution >= 4 is 33.3 Å². The standard InChI is InChI=1S/C26H22N4O2S2/c1-4-14-30-25(31)21-20(18-12-10-16(2)11-13-18)15-33-24(21)27-26(30)34-17(3)22-28-29-23(32-22)19-8-6-5-7-9-19/h4-13,15,17H,1,14H2,2-3H3. The topological polar surface area (TPSA) is 73.8 Å². The Bertz CT molecular complexity index is 1520. The van der Waals surface area contributed by atoms with Crippen molar-refractivity contribution in [2.24, 2.45) is 0 Å². The highest BCUT2D eigenvalue weighted by molar-refractivity contribution is 7.99. The van der Waals surface area contributed by atoms with Gasteiger partial charge in [0, 0.05) is 23.1 Å². The lowest BCUT2D eigenvalue weighted by atomic mass is 10.1. The molecule has 0 aliphatic carbocycles. The van der Waals surface area contributed by atoms with Crippen LogP contribution < -0.4 is 5.56 Å². The molecular formula is C26H22N4O2S2. The number of nitrogens with zero attached hydrogens (tertiary/aromatic N) is 4. The van der Waals surface area contributed by atoms with E-state index in [4.69, 9.17) is 9.40 Å². The van der Waals surface area contributed by atoms with E-state index in [2.05, 4.69) is 28.9 Å². The summed E-state index contributed by atoms with van der Waals surface area (Å²) in [5.41, 5.74) is 3.88. The van der Waals surface area contributed by atoms with Crippen LogP contribution in [0.2, 0.25) is 0 Å². The highest BCUT2D eigenvalue weighted by atomic mass is 32.2. The molecule has 8 heteroatoms. The normalized spacial score (nSPS) is 12.2. The van der Waals surface area contributed by atoms with Crippen LogP contribution in [-0.4, -0.2) is 19.7 Å². The molecule has 1 atom stereocenters. The van der Waals surface area contributed by atoms with Crippen molar-refractivity contribution < 1.29 is 4.42 Å². The molecule has 0 amide bonds. The number of fused-ring (bicyclic) bond motifs is 1. The van der Waals surface area contributed by atoms with Gasteiger partial charge in [0.25, 0.3) is 5.56 Å². The van der Waals surface area contributed by atoms with Crippen molar-refractivity contribution in [1.82, 2.24) is 19.7 Å². The van der Waals surface area contributed by atoms with E-state index < -0.39 is 0 Å². The number of hydrogen-bond donors (Lipinski definition) is 0. The molecule has 3 heterocycles. The summed E-state index contributed by atoms with van der Waals surface area (Å²) in [6, 6.07) is 17.8. The lowest BCUT2D eigenvalue weighted by molar-refractivity contribution is 0.508. The number of aromatic nitrogens is 4. The average molecular weight is 487 g/mol. The highest BCUT2D eigenvalue weighted by Crippen LogP contribution is 2.37. The molecule has 5 aromatic rings. The molecule has 0 aliphatic heterocycles. The van der Waals surface area contributed by atoms with Crippen LogP contribution in [-0.2, 0) is 6.54 Å². The zero-order chi connectivity index (χ0) is 23.7. The number of aryl methyl sites for hydroxylation is 1. The van der Waals surface area contributed by atoms with Crippen molar-refractivity contribution in [3.63, 3.8) is 0 Å². The second-order valence-corrected chi connectivity index (χ2v) is 10.0. The first-order valence-corrected chi connectivity index (χ1v) is 12.6. The fourth-order valence-electron chi connectivity index (χ4n) is 3.64. The first-order chi connectivity index (χ1) is 16.5. The molecule has 34 heavy (non-hydrogen) atoms. The largest absolute Gasteiger partial charge is 0.419 e. The lowest BCUT2D eigenvalue weighted by Crippen LogP contribution is -2.22. The van der Waals surface area contributed by atoms with Gasteiger partial charge in [-0.05, 0) is 31.5 Å². The van der Waals surface area contributed by atoms with Crippen LogP contribution in [0.25, 0.3) is 32.8 Å². The Hall–Kier alpha value is -3.49. The number of hydrogen-bond acceptors (Lipinski definition) is 7. The number of thioether (sulfide) groups is 1. The van der Waals surface area contributed by atoms with Gasteiger partial charge >= 0.3 is 0 Å².